The average Bonchev–Trinajstić information content (AvgIpc) is 2.69. The minimum Gasteiger partial charge on any atom is -0.355 e. The lowest BCUT2D eigenvalue weighted by Gasteiger charge is -2.11. The van der Waals surface area contributed by atoms with E-state index >= 15 is 0 Å². The molecule has 1 amide bonds. The molecule has 0 spiro atoms. The van der Waals surface area contributed by atoms with Gasteiger partial charge in [0.25, 0.3) is 0 Å². The first kappa shape index (κ1) is 11.9. The molecule has 1 aliphatic rings. The molecule has 0 aromatic rings. The molecule has 1 rings (SSSR count). The van der Waals surface area contributed by atoms with Gasteiger partial charge >= 0.3 is 0 Å². The Morgan fingerprint density at radius 3 is 3.07 bits per heavy atom. The topological polar surface area (TPSA) is 41.1 Å². The van der Waals surface area contributed by atoms with Crippen LogP contribution in [0.15, 0.2) is 0 Å². The van der Waals surface area contributed by atoms with E-state index in [1.807, 2.05) is 13.2 Å². The molecule has 0 radical (unpaired) electrons. The summed E-state index contributed by atoms with van der Waals surface area (Å²) in [4.78, 5) is 11.4. The van der Waals surface area contributed by atoms with Crippen molar-refractivity contribution in [3.05, 3.63) is 0 Å². The van der Waals surface area contributed by atoms with Crippen LogP contribution in [0.5, 0.6) is 0 Å². The van der Waals surface area contributed by atoms with Gasteiger partial charge in [-0.1, -0.05) is 0 Å². The maximum Gasteiger partial charge on any atom is 0.232 e. The van der Waals surface area contributed by atoms with E-state index < -0.39 is 0 Å². The third kappa shape index (κ3) is 3.88. The fraction of sp³-hybridized carbons (Fsp3) is 0.900. The lowest BCUT2D eigenvalue weighted by Crippen LogP contribution is -2.32. The average molecular weight is 216 g/mol. The Bertz CT molecular complexity index is 181. The summed E-state index contributed by atoms with van der Waals surface area (Å²) in [7, 11) is 0. The molecule has 14 heavy (non-hydrogen) atoms. The summed E-state index contributed by atoms with van der Waals surface area (Å²) < 4.78 is 0. The van der Waals surface area contributed by atoms with Gasteiger partial charge in [-0.15, -0.1) is 0 Å². The molecular weight excluding hydrogens is 196 g/mol. The molecular formula is C10H20N2OS. The molecule has 4 heteroatoms. The highest BCUT2D eigenvalue weighted by atomic mass is 32.2. The Morgan fingerprint density at radius 2 is 2.50 bits per heavy atom. The van der Waals surface area contributed by atoms with Crippen molar-refractivity contribution in [2.24, 2.45) is 5.92 Å². The second-order valence-electron chi connectivity index (χ2n) is 3.82. The number of thioether (sulfide) groups is 1. The monoisotopic (exact) mass is 216 g/mol. The van der Waals surface area contributed by atoms with Gasteiger partial charge in [0, 0.05) is 6.54 Å². The van der Waals surface area contributed by atoms with Crippen LogP contribution < -0.4 is 10.6 Å². The minimum atomic E-state index is 0.0803. The van der Waals surface area contributed by atoms with Crippen LogP contribution in [-0.4, -0.2) is 37.0 Å². The van der Waals surface area contributed by atoms with Gasteiger partial charge in [0.15, 0.2) is 0 Å². The first-order valence-corrected chi connectivity index (χ1v) is 6.54. The van der Waals surface area contributed by atoms with Gasteiger partial charge in [-0.05, 0) is 45.0 Å². The predicted octanol–water partition coefficient (Wildman–Crippen LogP) is 0.854. The molecule has 1 aliphatic heterocycles. The molecule has 2 unspecified atom stereocenters. The number of carbonyl (C=O) groups is 1. The van der Waals surface area contributed by atoms with E-state index in [0.717, 1.165) is 32.0 Å². The summed E-state index contributed by atoms with van der Waals surface area (Å²) in [6.07, 6.45) is 4.33. The zero-order valence-corrected chi connectivity index (χ0v) is 9.82. The molecule has 0 aliphatic carbocycles. The highest BCUT2D eigenvalue weighted by molar-refractivity contribution is 7.99. The second kappa shape index (κ2) is 6.30. The van der Waals surface area contributed by atoms with Crippen molar-refractivity contribution in [2.75, 3.05) is 25.9 Å². The molecule has 1 fully saturated rings. The van der Waals surface area contributed by atoms with Gasteiger partial charge in [-0.2, -0.15) is 11.8 Å². The van der Waals surface area contributed by atoms with E-state index in [0.29, 0.717) is 0 Å². The van der Waals surface area contributed by atoms with Crippen LogP contribution in [0.2, 0.25) is 0 Å². The number of carbonyl (C=O) groups excluding carboxylic acids is 1. The standard InChI is InChI=1S/C10H20N2OS/c1-8(14-2)10(13)12-6-4-9-3-5-11-7-9/h8-9,11H,3-7H2,1-2H3,(H,12,13). The zero-order valence-electron chi connectivity index (χ0n) is 9.01. The molecule has 3 nitrogen and oxygen atoms in total. The second-order valence-corrected chi connectivity index (χ2v) is 4.99. The summed E-state index contributed by atoms with van der Waals surface area (Å²) in [5, 5.41) is 6.38. The van der Waals surface area contributed by atoms with E-state index in [9.17, 15) is 4.79 Å². The van der Waals surface area contributed by atoms with E-state index in [2.05, 4.69) is 10.6 Å². The number of hydrogen-bond acceptors (Lipinski definition) is 3. The molecule has 0 bridgehead atoms. The number of rotatable bonds is 5. The predicted molar refractivity (Wildman–Crippen MR) is 61.6 cm³/mol. The fourth-order valence-corrected chi connectivity index (χ4v) is 1.91. The van der Waals surface area contributed by atoms with Crippen molar-refractivity contribution < 1.29 is 4.79 Å². The van der Waals surface area contributed by atoms with Gasteiger partial charge < -0.3 is 10.6 Å². The lowest BCUT2D eigenvalue weighted by molar-refractivity contribution is -0.120. The van der Waals surface area contributed by atoms with Crippen LogP contribution in [0.25, 0.3) is 0 Å². The van der Waals surface area contributed by atoms with Crippen molar-refractivity contribution in [1.29, 1.82) is 0 Å². The van der Waals surface area contributed by atoms with Crippen LogP contribution in [0, 0.1) is 5.92 Å². The third-order valence-electron chi connectivity index (χ3n) is 2.74. The molecule has 0 saturated carbocycles. The van der Waals surface area contributed by atoms with E-state index in [1.54, 1.807) is 11.8 Å². The maximum atomic E-state index is 11.4. The van der Waals surface area contributed by atoms with E-state index in [1.165, 1.54) is 6.42 Å². The van der Waals surface area contributed by atoms with Crippen molar-refractivity contribution in [3.63, 3.8) is 0 Å². The summed E-state index contributed by atoms with van der Waals surface area (Å²) >= 11 is 1.59. The highest BCUT2D eigenvalue weighted by Crippen LogP contribution is 2.11. The van der Waals surface area contributed by atoms with Crippen LogP contribution in [0.3, 0.4) is 0 Å². The van der Waals surface area contributed by atoms with Crippen LogP contribution in [0.1, 0.15) is 19.8 Å². The summed E-state index contributed by atoms with van der Waals surface area (Å²) in [6, 6.07) is 0. The number of nitrogens with one attached hydrogen (secondary N) is 2. The SMILES string of the molecule is CSC(C)C(=O)NCCC1CCNC1. The molecule has 0 aromatic carbocycles. The Kier molecular flexibility index (Phi) is 5.33. The van der Waals surface area contributed by atoms with Crippen molar-refractivity contribution in [3.8, 4) is 0 Å². The van der Waals surface area contributed by atoms with Gasteiger partial charge in [0.05, 0.1) is 5.25 Å². The van der Waals surface area contributed by atoms with Gasteiger partial charge in [-0.25, -0.2) is 0 Å². The van der Waals surface area contributed by atoms with Crippen molar-refractivity contribution in [2.45, 2.75) is 25.0 Å². The fourth-order valence-electron chi connectivity index (χ4n) is 1.61. The highest BCUT2D eigenvalue weighted by Gasteiger charge is 2.15. The van der Waals surface area contributed by atoms with Gasteiger partial charge in [0.1, 0.15) is 0 Å². The quantitative estimate of drug-likeness (QED) is 0.716. The summed E-state index contributed by atoms with van der Waals surface area (Å²) in [6.45, 7) is 5.03. The smallest absolute Gasteiger partial charge is 0.232 e. The first-order chi connectivity index (χ1) is 6.74. The number of amides is 1. The lowest BCUT2D eigenvalue weighted by atomic mass is 10.1. The Hall–Kier alpha value is -0.220. The summed E-state index contributed by atoms with van der Waals surface area (Å²) in [5.41, 5.74) is 0. The normalized spacial score (nSPS) is 23.4. The molecule has 1 heterocycles. The first-order valence-electron chi connectivity index (χ1n) is 5.25. The molecule has 2 atom stereocenters. The van der Waals surface area contributed by atoms with E-state index in [4.69, 9.17) is 0 Å². The van der Waals surface area contributed by atoms with E-state index in [-0.39, 0.29) is 11.2 Å². The van der Waals surface area contributed by atoms with Gasteiger partial charge in [0.2, 0.25) is 5.91 Å². The third-order valence-corrected chi connectivity index (χ3v) is 3.66. The Balaban J connectivity index is 2.05. The molecule has 2 N–H and O–H groups in total. The van der Waals surface area contributed by atoms with Crippen LogP contribution in [0.4, 0.5) is 0 Å². The Morgan fingerprint density at radius 1 is 1.71 bits per heavy atom. The molecule has 1 saturated heterocycles. The number of hydrogen-bond donors (Lipinski definition) is 2. The molecule has 82 valence electrons. The summed E-state index contributed by atoms with van der Waals surface area (Å²) in [5.74, 6) is 0.934. The Labute approximate surface area is 90.4 Å². The zero-order chi connectivity index (χ0) is 10.4. The minimum absolute atomic E-state index is 0.0803. The van der Waals surface area contributed by atoms with Crippen LogP contribution >= 0.6 is 11.8 Å². The molecule has 0 aromatic heterocycles. The van der Waals surface area contributed by atoms with Crippen molar-refractivity contribution >= 4 is 17.7 Å². The van der Waals surface area contributed by atoms with Gasteiger partial charge in [-0.3, -0.25) is 4.79 Å². The maximum absolute atomic E-state index is 11.4. The largest absolute Gasteiger partial charge is 0.355 e. The van der Waals surface area contributed by atoms with Crippen molar-refractivity contribution in [1.82, 2.24) is 10.6 Å². The van der Waals surface area contributed by atoms with Crippen LogP contribution in [-0.2, 0) is 4.79 Å².